The number of aryl methyl sites for hydroxylation is 2. The average molecular weight is 298 g/mol. The van der Waals surface area contributed by atoms with Crippen LogP contribution >= 0.6 is 12.2 Å². The molecule has 1 aromatic carbocycles. The van der Waals surface area contributed by atoms with Crippen molar-refractivity contribution in [3.63, 3.8) is 0 Å². The largest absolute Gasteiger partial charge is 0.347 e. The standard InChI is InChI=1S/C18H22N2S/c1-12-7-8-14(9-13(12)2)10-17-19-16(11-18(21)20-17)15-5-3-4-6-15/h7-9,11,15H,3-6,10H2,1-2H3,(H,19,20,21). The van der Waals surface area contributed by atoms with Crippen LogP contribution in [-0.4, -0.2) is 9.97 Å². The number of aromatic amines is 1. The van der Waals surface area contributed by atoms with Gasteiger partial charge in [-0.3, -0.25) is 0 Å². The van der Waals surface area contributed by atoms with Crippen molar-refractivity contribution in [3.05, 3.63) is 57.1 Å². The van der Waals surface area contributed by atoms with Crippen molar-refractivity contribution in [3.8, 4) is 0 Å². The second-order valence-electron chi connectivity index (χ2n) is 6.20. The monoisotopic (exact) mass is 298 g/mol. The van der Waals surface area contributed by atoms with Gasteiger partial charge in [0.2, 0.25) is 0 Å². The van der Waals surface area contributed by atoms with Crippen LogP contribution in [0.4, 0.5) is 0 Å². The Bertz CT molecular complexity index is 697. The van der Waals surface area contributed by atoms with Crippen molar-refractivity contribution < 1.29 is 0 Å². The van der Waals surface area contributed by atoms with Gasteiger partial charge < -0.3 is 4.98 Å². The molecule has 1 aromatic heterocycles. The van der Waals surface area contributed by atoms with Crippen LogP contribution in [0, 0.1) is 18.5 Å². The molecular weight excluding hydrogens is 276 g/mol. The minimum absolute atomic E-state index is 0.646. The van der Waals surface area contributed by atoms with Gasteiger partial charge in [-0.05, 0) is 55.4 Å². The highest BCUT2D eigenvalue weighted by Gasteiger charge is 2.18. The molecule has 3 rings (SSSR count). The SMILES string of the molecule is Cc1ccc(Cc2nc(=S)cc(C3CCCC3)[nH]2)cc1C. The minimum Gasteiger partial charge on any atom is -0.347 e. The summed E-state index contributed by atoms with van der Waals surface area (Å²) >= 11 is 5.35. The molecule has 1 fully saturated rings. The molecule has 0 amide bonds. The van der Waals surface area contributed by atoms with E-state index in [1.54, 1.807) is 0 Å². The Morgan fingerprint density at radius 3 is 2.62 bits per heavy atom. The van der Waals surface area contributed by atoms with Gasteiger partial charge in [0.1, 0.15) is 10.5 Å². The van der Waals surface area contributed by atoms with Crippen molar-refractivity contribution in [1.29, 1.82) is 0 Å². The third-order valence-corrected chi connectivity index (χ3v) is 4.76. The summed E-state index contributed by atoms with van der Waals surface area (Å²) in [6.45, 7) is 4.30. The fourth-order valence-corrected chi connectivity index (χ4v) is 3.41. The summed E-state index contributed by atoms with van der Waals surface area (Å²) in [5.74, 6) is 1.64. The van der Waals surface area contributed by atoms with Gasteiger partial charge >= 0.3 is 0 Å². The molecule has 0 atom stereocenters. The Labute approximate surface area is 131 Å². The summed E-state index contributed by atoms with van der Waals surface area (Å²) in [7, 11) is 0. The number of nitrogens with one attached hydrogen (secondary N) is 1. The maximum Gasteiger partial charge on any atom is 0.130 e. The van der Waals surface area contributed by atoms with Crippen LogP contribution in [0.15, 0.2) is 24.3 Å². The van der Waals surface area contributed by atoms with Gasteiger partial charge in [-0.2, -0.15) is 0 Å². The molecule has 0 saturated heterocycles. The van der Waals surface area contributed by atoms with Gasteiger partial charge in [0, 0.05) is 12.1 Å². The zero-order chi connectivity index (χ0) is 14.8. The average Bonchev–Trinajstić information content (AvgIpc) is 2.96. The smallest absolute Gasteiger partial charge is 0.130 e. The normalized spacial score (nSPS) is 15.5. The van der Waals surface area contributed by atoms with Crippen LogP contribution < -0.4 is 0 Å². The van der Waals surface area contributed by atoms with Crippen molar-refractivity contribution in [2.45, 2.75) is 51.9 Å². The van der Waals surface area contributed by atoms with Crippen molar-refractivity contribution in [1.82, 2.24) is 9.97 Å². The van der Waals surface area contributed by atoms with E-state index in [4.69, 9.17) is 12.2 Å². The molecule has 21 heavy (non-hydrogen) atoms. The Balaban J connectivity index is 1.87. The molecule has 0 spiro atoms. The first kappa shape index (κ1) is 14.5. The molecule has 1 saturated carbocycles. The first-order valence-corrected chi connectivity index (χ1v) is 8.19. The summed E-state index contributed by atoms with van der Waals surface area (Å²) < 4.78 is 0.717. The Hall–Kier alpha value is -1.48. The first-order valence-electron chi connectivity index (χ1n) is 7.78. The van der Waals surface area contributed by atoms with E-state index in [0.29, 0.717) is 5.92 Å². The van der Waals surface area contributed by atoms with Crippen LogP contribution in [0.1, 0.15) is 59.8 Å². The molecule has 1 heterocycles. The molecule has 0 aliphatic heterocycles. The number of nitrogens with zero attached hydrogens (tertiary/aromatic N) is 1. The van der Waals surface area contributed by atoms with Gasteiger partial charge in [-0.25, -0.2) is 4.98 Å². The fraction of sp³-hybridized carbons (Fsp3) is 0.444. The van der Waals surface area contributed by atoms with Crippen molar-refractivity contribution in [2.75, 3.05) is 0 Å². The number of aromatic nitrogens is 2. The van der Waals surface area contributed by atoms with E-state index in [0.717, 1.165) is 16.9 Å². The van der Waals surface area contributed by atoms with E-state index in [1.807, 2.05) is 0 Å². The number of hydrogen-bond acceptors (Lipinski definition) is 2. The molecule has 0 unspecified atom stereocenters. The number of rotatable bonds is 3. The Kier molecular flexibility index (Phi) is 4.20. The molecule has 3 heteroatoms. The number of benzene rings is 1. The summed E-state index contributed by atoms with van der Waals surface area (Å²) in [5, 5.41) is 0. The van der Waals surface area contributed by atoms with E-state index in [-0.39, 0.29) is 0 Å². The van der Waals surface area contributed by atoms with Crippen LogP contribution in [0.25, 0.3) is 0 Å². The van der Waals surface area contributed by atoms with Gasteiger partial charge in [0.05, 0.1) is 0 Å². The van der Waals surface area contributed by atoms with Gasteiger partial charge in [-0.15, -0.1) is 0 Å². The van der Waals surface area contributed by atoms with Crippen LogP contribution in [0.2, 0.25) is 0 Å². The lowest BCUT2D eigenvalue weighted by molar-refractivity contribution is 0.685. The topological polar surface area (TPSA) is 28.7 Å². The zero-order valence-electron chi connectivity index (χ0n) is 12.8. The highest BCUT2D eigenvalue weighted by atomic mass is 32.1. The van der Waals surface area contributed by atoms with E-state index in [9.17, 15) is 0 Å². The molecule has 0 radical (unpaired) electrons. The third-order valence-electron chi connectivity index (χ3n) is 4.55. The maximum atomic E-state index is 5.35. The maximum absolute atomic E-state index is 5.35. The van der Waals surface area contributed by atoms with Gasteiger partial charge in [0.25, 0.3) is 0 Å². The van der Waals surface area contributed by atoms with Crippen LogP contribution in [0.5, 0.6) is 0 Å². The zero-order valence-corrected chi connectivity index (χ0v) is 13.6. The van der Waals surface area contributed by atoms with E-state index < -0.39 is 0 Å². The van der Waals surface area contributed by atoms with E-state index in [1.165, 1.54) is 48.1 Å². The molecule has 2 nitrogen and oxygen atoms in total. The lowest BCUT2D eigenvalue weighted by atomic mass is 10.0. The molecule has 2 aromatic rings. The van der Waals surface area contributed by atoms with Gasteiger partial charge in [-0.1, -0.05) is 43.3 Å². The second-order valence-corrected chi connectivity index (χ2v) is 6.62. The summed E-state index contributed by atoms with van der Waals surface area (Å²) in [4.78, 5) is 8.04. The molecule has 0 bridgehead atoms. The second kappa shape index (κ2) is 6.10. The fourth-order valence-electron chi connectivity index (χ4n) is 3.18. The third kappa shape index (κ3) is 3.41. The molecule has 1 aliphatic carbocycles. The molecule has 110 valence electrons. The molecule has 1 aliphatic rings. The molecular formula is C18H22N2S. The van der Waals surface area contributed by atoms with Crippen molar-refractivity contribution in [2.24, 2.45) is 0 Å². The highest BCUT2D eigenvalue weighted by Crippen LogP contribution is 2.33. The van der Waals surface area contributed by atoms with Gasteiger partial charge in [0.15, 0.2) is 0 Å². The Morgan fingerprint density at radius 2 is 1.90 bits per heavy atom. The highest BCUT2D eigenvalue weighted by molar-refractivity contribution is 7.71. The number of hydrogen-bond donors (Lipinski definition) is 1. The van der Waals surface area contributed by atoms with Crippen LogP contribution in [0.3, 0.4) is 0 Å². The Morgan fingerprint density at radius 1 is 1.14 bits per heavy atom. The molecule has 1 N–H and O–H groups in total. The summed E-state index contributed by atoms with van der Waals surface area (Å²) in [5.41, 5.74) is 5.24. The van der Waals surface area contributed by atoms with E-state index in [2.05, 4.69) is 48.1 Å². The minimum atomic E-state index is 0.646. The number of H-pyrrole nitrogens is 1. The van der Waals surface area contributed by atoms with Crippen LogP contribution in [-0.2, 0) is 6.42 Å². The summed E-state index contributed by atoms with van der Waals surface area (Å²) in [6.07, 6.45) is 6.04. The van der Waals surface area contributed by atoms with E-state index >= 15 is 0 Å². The van der Waals surface area contributed by atoms with Crippen molar-refractivity contribution >= 4 is 12.2 Å². The lowest BCUT2D eigenvalue weighted by Gasteiger charge is -2.12. The predicted octanol–water partition coefficient (Wildman–Crippen LogP) is 5.00. The quantitative estimate of drug-likeness (QED) is 0.807. The predicted molar refractivity (Wildman–Crippen MR) is 89.4 cm³/mol. The first-order chi connectivity index (χ1) is 10.1. The lowest BCUT2D eigenvalue weighted by Crippen LogP contribution is -2.04. The summed E-state index contributed by atoms with van der Waals surface area (Å²) in [6, 6.07) is 8.66.